The molecule has 3 aromatic heterocycles. The Morgan fingerprint density at radius 1 is 1.12 bits per heavy atom. The number of hydrogen-bond donors (Lipinski definition) is 1. The number of benzene rings is 1. The average molecular weight is 433 g/mol. The number of aliphatic hydroxyl groups excluding tert-OH is 1. The quantitative estimate of drug-likeness (QED) is 0.449. The second-order valence-electron chi connectivity index (χ2n) is 8.83. The fourth-order valence-electron chi connectivity index (χ4n) is 4.90. The molecule has 32 heavy (non-hydrogen) atoms. The van der Waals surface area contributed by atoms with Crippen LogP contribution in [0.1, 0.15) is 42.5 Å². The molecule has 1 aromatic carbocycles. The predicted molar refractivity (Wildman–Crippen MR) is 125 cm³/mol. The molecule has 4 aromatic rings. The summed E-state index contributed by atoms with van der Waals surface area (Å²) in [6, 6.07) is 9.76. The summed E-state index contributed by atoms with van der Waals surface area (Å²) < 4.78 is 11.7. The van der Waals surface area contributed by atoms with Crippen molar-refractivity contribution in [2.75, 3.05) is 13.2 Å². The molecule has 0 aliphatic carbocycles. The second-order valence-corrected chi connectivity index (χ2v) is 8.83. The van der Waals surface area contributed by atoms with Crippen LogP contribution in [0.4, 0.5) is 0 Å². The number of aliphatic hydroxyl groups is 1. The number of hydrogen-bond acceptors (Lipinski definition) is 6. The van der Waals surface area contributed by atoms with Crippen LogP contribution >= 0.6 is 0 Å². The minimum absolute atomic E-state index is 0.210. The first kappa shape index (κ1) is 20.9. The maximum Gasteiger partial charge on any atom is 0.336 e. The highest BCUT2D eigenvalue weighted by Crippen LogP contribution is 2.35. The Morgan fingerprint density at radius 3 is 2.84 bits per heavy atom. The number of furan rings is 1. The topological polar surface area (TPSA) is 79.7 Å². The van der Waals surface area contributed by atoms with Crippen LogP contribution in [0.3, 0.4) is 0 Å². The van der Waals surface area contributed by atoms with Gasteiger partial charge in [0.05, 0.1) is 5.69 Å². The molecule has 0 spiro atoms. The Morgan fingerprint density at radius 2 is 2.00 bits per heavy atom. The van der Waals surface area contributed by atoms with E-state index in [2.05, 4.69) is 9.88 Å². The van der Waals surface area contributed by atoms with Crippen molar-refractivity contribution in [1.82, 2.24) is 9.88 Å². The SMILES string of the molecule is Cc1ccc2c(-c3cc4c(CN5CCCC[C@H]5CCO)cnc(C)c4o3)cc(=O)oc2c1. The van der Waals surface area contributed by atoms with Crippen molar-refractivity contribution in [2.45, 2.75) is 52.1 Å². The lowest BCUT2D eigenvalue weighted by Gasteiger charge is -2.35. The fraction of sp³-hybridized carbons (Fsp3) is 0.385. The minimum atomic E-state index is -0.395. The summed E-state index contributed by atoms with van der Waals surface area (Å²) in [7, 11) is 0. The van der Waals surface area contributed by atoms with Crippen LogP contribution in [0.2, 0.25) is 0 Å². The summed E-state index contributed by atoms with van der Waals surface area (Å²) >= 11 is 0. The monoisotopic (exact) mass is 432 g/mol. The van der Waals surface area contributed by atoms with Gasteiger partial charge in [0, 0.05) is 47.8 Å². The molecule has 6 nitrogen and oxygen atoms in total. The normalized spacial score (nSPS) is 17.4. The Balaban J connectivity index is 1.60. The van der Waals surface area contributed by atoms with Crippen LogP contribution in [0.5, 0.6) is 0 Å². The average Bonchev–Trinajstić information content (AvgIpc) is 3.23. The van der Waals surface area contributed by atoms with Crippen molar-refractivity contribution >= 4 is 21.9 Å². The van der Waals surface area contributed by atoms with E-state index < -0.39 is 5.63 Å². The first-order chi connectivity index (χ1) is 15.5. The van der Waals surface area contributed by atoms with E-state index in [9.17, 15) is 9.90 Å². The predicted octanol–water partition coefficient (Wildman–Crippen LogP) is 4.95. The standard InChI is InChI=1S/C26H28N2O4/c1-16-6-7-20-22(13-25(30)31-23(20)11-16)24-12-21-18(14-27-17(2)26(21)32-24)15-28-9-4-3-5-19(28)8-10-29/h6-7,11-14,19,29H,3-5,8-10,15H2,1-2H3/t19-/m0/s1. The lowest BCUT2D eigenvalue weighted by Crippen LogP contribution is -2.39. The summed E-state index contributed by atoms with van der Waals surface area (Å²) in [5.41, 5.74) is 4.61. The van der Waals surface area contributed by atoms with Crippen LogP contribution in [-0.4, -0.2) is 34.2 Å². The van der Waals surface area contributed by atoms with Crippen molar-refractivity contribution in [3.8, 4) is 11.3 Å². The third-order valence-corrected chi connectivity index (χ3v) is 6.57. The summed E-state index contributed by atoms with van der Waals surface area (Å²) in [6.07, 6.45) is 6.23. The van der Waals surface area contributed by atoms with Gasteiger partial charge in [0.15, 0.2) is 5.58 Å². The number of piperidine rings is 1. The first-order valence-electron chi connectivity index (χ1n) is 11.3. The van der Waals surface area contributed by atoms with E-state index in [1.807, 2.05) is 44.3 Å². The maximum absolute atomic E-state index is 12.3. The van der Waals surface area contributed by atoms with Crippen molar-refractivity contribution in [2.24, 2.45) is 0 Å². The minimum Gasteiger partial charge on any atom is -0.454 e. The molecule has 1 saturated heterocycles. The zero-order valence-electron chi connectivity index (χ0n) is 18.6. The summed E-state index contributed by atoms with van der Waals surface area (Å²) in [5.74, 6) is 0.643. The van der Waals surface area contributed by atoms with Gasteiger partial charge in [0.25, 0.3) is 0 Å². The molecule has 1 aliphatic heterocycles. The Hall–Kier alpha value is -2.96. The molecule has 166 valence electrons. The molecular weight excluding hydrogens is 404 g/mol. The summed E-state index contributed by atoms with van der Waals surface area (Å²) in [4.78, 5) is 19.3. The Labute approximate surface area is 186 Å². The third kappa shape index (κ3) is 3.85. The van der Waals surface area contributed by atoms with Crippen LogP contribution in [0.15, 0.2) is 50.2 Å². The van der Waals surface area contributed by atoms with E-state index in [1.165, 1.54) is 18.9 Å². The van der Waals surface area contributed by atoms with Crippen molar-refractivity contribution in [3.63, 3.8) is 0 Å². The molecule has 1 atom stereocenters. The van der Waals surface area contributed by atoms with Gasteiger partial charge in [0.1, 0.15) is 11.3 Å². The van der Waals surface area contributed by atoms with Gasteiger partial charge in [-0.3, -0.25) is 9.88 Å². The second kappa shape index (κ2) is 8.52. The molecule has 0 radical (unpaired) electrons. The lowest BCUT2D eigenvalue weighted by molar-refractivity contribution is 0.113. The van der Waals surface area contributed by atoms with Crippen LogP contribution in [0.25, 0.3) is 33.3 Å². The largest absolute Gasteiger partial charge is 0.454 e. The number of aryl methyl sites for hydroxylation is 2. The zero-order valence-corrected chi connectivity index (χ0v) is 18.6. The number of nitrogens with zero attached hydrogens (tertiary/aromatic N) is 2. The molecule has 5 rings (SSSR count). The van der Waals surface area contributed by atoms with Crippen LogP contribution in [0, 0.1) is 13.8 Å². The van der Waals surface area contributed by atoms with Gasteiger partial charge in [-0.05, 0) is 62.9 Å². The van der Waals surface area contributed by atoms with Crippen molar-refractivity contribution < 1.29 is 13.9 Å². The molecule has 0 bridgehead atoms. The smallest absolute Gasteiger partial charge is 0.336 e. The molecule has 4 heterocycles. The number of rotatable bonds is 5. The zero-order chi connectivity index (χ0) is 22.2. The number of aromatic nitrogens is 1. The number of pyridine rings is 1. The van der Waals surface area contributed by atoms with E-state index in [-0.39, 0.29) is 6.61 Å². The molecule has 0 saturated carbocycles. The highest BCUT2D eigenvalue weighted by atomic mass is 16.4. The van der Waals surface area contributed by atoms with Gasteiger partial charge in [-0.25, -0.2) is 4.79 Å². The Bertz CT molecular complexity index is 1340. The van der Waals surface area contributed by atoms with E-state index in [0.29, 0.717) is 17.4 Å². The van der Waals surface area contributed by atoms with Gasteiger partial charge < -0.3 is 13.9 Å². The summed E-state index contributed by atoms with van der Waals surface area (Å²) in [6.45, 7) is 5.91. The van der Waals surface area contributed by atoms with Crippen LogP contribution < -0.4 is 5.63 Å². The fourth-order valence-corrected chi connectivity index (χ4v) is 4.90. The molecule has 1 aliphatic rings. The van der Waals surface area contributed by atoms with E-state index >= 15 is 0 Å². The van der Waals surface area contributed by atoms with Gasteiger partial charge >= 0.3 is 5.63 Å². The molecular formula is C26H28N2O4. The highest BCUT2D eigenvalue weighted by Gasteiger charge is 2.24. The van der Waals surface area contributed by atoms with Gasteiger partial charge in [0.2, 0.25) is 0 Å². The highest BCUT2D eigenvalue weighted by molar-refractivity contribution is 5.95. The van der Waals surface area contributed by atoms with Crippen molar-refractivity contribution in [3.05, 3.63) is 63.8 Å². The molecule has 1 fully saturated rings. The molecule has 0 amide bonds. The van der Waals surface area contributed by atoms with E-state index in [4.69, 9.17) is 8.83 Å². The lowest BCUT2D eigenvalue weighted by atomic mass is 9.98. The van der Waals surface area contributed by atoms with E-state index in [1.54, 1.807) is 0 Å². The first-order valence-corrected chi connectivity index (χ1v) is 11.3. The van der Waals surface area contributed by atoms with Gasteiger partial charge in [-0.1, -0.05) is 18.6 Å². The number of likely N-dealkylation sites (tertiary alicyclic amines) is 1. The molecule has 0 unspecified atom stereocenters. The maximum atomic E-state index is 12.3. The van der Waals surface area contributed by atoms with E-state index in [0.717, 1.165) is 64.7 Å². The summed E-state index contributed by atoms with van der Waals surface area (Å²) in [5, 5.41) is 11.3. The molecule has 1 N–H and O–H groups in total. The van der Waals surface area contributed by atoms with Crippen molar-refractivity contribution in [1.29, 1.82) is 0 Å². The molecule has 6 heteroatoms. The van der Waals surface area contributed by atoms with Gasteiger partial charge in [-0.15, -0.1) is 0 Å². The van der Waals surface area contributed by atoms with Gasteiger partial charge in [-0.2, -0.15) is 0 Å². The Kier molecular flexibility index (Phi) is 5.57. The number of fused-ring (bicyclic) bond motifs is 2. The third-order valence-electron chi connectivity index (χ3n) is 6.57. The van der Waals surface area contributed by atoms with Crippen LogP contribution in [-0.2, 0) is 6.54 Å².